The second-order valence-electron chi connectivity index (χ2n) is 5.50. The number of fused-ring (bicyclic) bond motifs is 1. The number of halogens is 2. The summed E-state index contributed by atoms with van der Waals surface area (Å²) in [6, 6.07) is 6.31. The standard InChI is InChI=1S/C14H16BrClN2/c1-14(5-6-14)9-18-12-3-2-10(15)8-11(12)17-13(18)4-7-16/h2-3,8H,4-7,9H2,1H3. The van der Waals surface area contributed by atoms with Crippen molar-refractivity contribution in [2.45, 2.75) is 32.7 Å². The minimum absolute atomic E-state index is 0.474. The first-order chi connectivity index (χ1) is 8.61. The molecule has 96 valence electrons. The first-order valence-corrected chi connectivity index (χ1v) is 7.65. The molecule has 0 bridgehead atoms. The van der Waals surface area contributed by atoms with Crippen LogP contribution in [0.25, 0.3) is 11.0 Å². The molecule has 2 nitrogen and oxygen atoms in total. The Morgan fingerprint density at radius 2 is 2.22 bits per heavy atom. The number of hydrogen-bond donors (Lipinski definition) is 0. The number of hydrogen-bond acceptors (Lipinski definition) is 1. The van der Waals surface area contributed by atoms with Crippen molar-refractivity contribution in [2.24, 2.45) is 5.41 Å². The highest BCUT2D eigenvalue weighted by Crippen LogP contribution is 2.47. The maximum absolute atomic E-state index is 5.89. The highest BCUT2D eigenvalue weighted by molar-refractivity contribution is 9.10. The summed E-state index contributed by atoms with van der Waals surface area (Å²) in [6.07, 6.45) is 3.48. The van der Waals surface area contributed by atoms with E-state index >= 15 is 0 Å². The first kappa shape index (κ1) is 12.5. The van der Waals surface area contributed by atoms with Gasteiger partial charge in [-0.3, -0.25) is 0 Å². The molecular formula is C14H16BrClN2. The van der Waals surface area contributed by atoms with Crippen molar-refractivity contribution >= 4 is 38.6 Å². The number of aromatic nitrogens is 2. The van der Waals surface area contributed by atoms with Crippen molar-refractivity contribution in [3.8, 4) is 0 Å². The van der Waals surface area contributed by atoms with E-state index in [1.165, 1.54) is 18.4 Å². The van der Waals surface area contributed by atoms with Crippen LogP contribution in [0.1, 0.15) is 25.6 Å². The third-order valence-electron chi connectivity index (χ3n) is 3.75. The lowest BCUT2D eigenvalue weighted by Gasteiger charge is -2.13. The number of nitrogens with zero attached hydrogens (tertiary/aromatic N) is 2. The number of rotatable bonds is 4. The van der Waals surface area contributed by atoms with Gasteiger partial charge < -0.3 is 4.57 Å². The Morgan fingerprint density at radius 3 is 2.89 bits per heavy atom. The van der Waals surface area contributed by atoms with Crippen molar-refractivity contribution in [2.75, 3.05) is 5.88 Å². The van der Waals surface area contributed by atoms with E-state index in [1.54, 1.807) is 0 Å². The fourth-order valence-electron chi connectivity index (χ4n) is 2.36. The summed E-state index contributed by atoms with van der Waals surface area (Å²) in [6.45, 7) is 3.42. The summed E-state index contributed by atoms with van der Waals surface area (Å²) in [5, 5.41) is 0. The molecule has 3 rings (SSSR count). The molecule has 1 aromatic heterocycles. The van der Waals surface area contributed by atoms with Gasteiger partial charge in [-0.2, -0.15) is 0 Å². The van der Waals surface area contributed by atoms with Crippen molar-refractivity contribution < 1.29 is 0 Å². The highest BCUT2D eigenvalue weighted by atomic mass is 79.9. The van der Waals surface area contributed by atoms with Gasteiger partial charge in [-0.25, -0.2) is 4.98 Å². The van der Waals surface area contributed by atoms with Crippen LogP contribution in [-0.2, 0) is 13.0 Å². The fraction of sp³-hybridized carbons (Fsp3) is 0.500. The topological polar surface area (TPSA) is 17.8 Å². The zero-order valence-electron chi connectivity index (χ0n) is 10.4. The van der Waals surface area contributed by atoms with Crippen LogP contribution in [0.4, 0.5) is 0 Å². The third kappa shape index (κ3) is 2.30. The quantitative estimate of drug-likeness (QED) is 0.762. The summed E-state index contributed by atoms with van der Waals surface area (Å²) < 4.78 is 3.44. The SMILES string of the molecule is CC1(Cn2c(CCCl)nc3cc(Br)ccc32)CC1. The molecule has 0 spiro atoms. The van der Waals surface area contributed by atoms with Crippen LogP contribution >= 0.6 is 27.5 Å². The molecule has 0 N–H and O–H groups in total. The van der Waals surface area contributed by atoms with Gasteiger partial charge in [0.2, 0.25) is 0 Å². The minimum Gasteiger partial charge on any atom is -0.327 e. The van der Waals surface area contributed by atoms with Crippen molar-refractivity contribution in [3.63, 3.8) is 0 Å². The van der Waals surface area contributed by atoms with Gasteiger partial charge in [0.1, 0.15) is 5.82 Å². The number of benzene rings is 1. The molecule has 0 saturated heterocycles. The van der Waals surface area contributed by atoms with Gasteiger partial charge in [0.25, 0.3) is 0 Å². The van der Waals surface area contributed by atoms with Gasteiger partial charge in [-0.15, -0.1) is 11.6 Å². The van der Waals surface area contributed by atoms with Gasteiger partial charge in [0.05, 0.1) is 11.0 Å². The third-order valence-corrected chi connectivity index (χ3v) is 4.43. The van der Waals surface area contributed by atoms with E-state index in [4.69, 9.17) is 16.6 Å². The fourth-order valence-corrected chi connectivity index (χ4v) is 2.88. The van der Waals surface area contributed by atoms with Gasteiger partial charge in [0.15, 0.2) is 0 Å². The van der Waals surface area contributed by atoms with Crippen LogP contribution in [0, 0.1) is 5.41 Å². The van der Waals surface area contributed by atoms with E-state index < -0.39 is 0 Å². The summed E-state index contributed by atoms with van der Waals surface area (Å²) in [5.41, 5.74) is 2.77. The summed E-state index contributed by atoms with van der Waals surface area (Å²) >= 11 is 9.39. The number of alkyl halides is 1. The highest BCUT2D eigenvalue weighted by Gasteiger charge is 2.38. The molecule has 0 atom stereocenters. The Bertz CT molecular complexity index is 587. The van der Waals surface area contributed by atoms with Crippen LogP contribution in [0.3, 0.4) is 0 Å². The first-order valence-electron chi connectivity index (χ1n) is 6.32. The van der Waals surface area contributed by atoms with Crippen LogP contribution in [0.5, 0.6) is 0 Å². The van der Waals surface area contributed by atoms with E-state index in [0.29, 0.717) is 11.3 Å². The Balaban J connectivity index is 2.09. The molecule has 0 radical (unpaired) electrons. The molecule has 2 aromatic rings. The summed E-state index contributed by atoms with van der Waals surface area (Å²) in [5.74, 6) is 1.74. The lowest BCUT2D eigenvalue weighted by atomic mass is 10.1. The zero-order valence-corrected chi connectivity index (χ0v) is 12.8. The molecule has 1 heterocycles. The molecule has 0 unspecified atom stereocenters. The normalized spacial score (nSPS) is 17.3. The molecule has 1 aromatic carbocycles. The summed E-state index contributed by atoms with van der Waals surface area (Å²) in [7, 11) is 0. The zero-order chi connectivity index (χ0) is 12.8. The van der Waals surface area contributed by atoms with E-state index in [-0.39, 0.29) is 0 Å². The maximum atomic E-state index is 5.89. The molecule has 4 heteroatoms. The molecule has 1 aliphatic rings. The molecule has 0 aliphatic heterocycles. The van der Waals surface area contributed by atoms with E-state index in [1.807, 2.05) is 0 Å². The van der Waals surface area contributed by atoms with Gasteiger partial charge in [-0.05, 0) is 36.5 Å². The Morgan fingerprint density at radius 1 is 1.44 bits per heavy atom. The molecule has 1 aliphatic carbocycles. The smallest absolute Gasteiger partial charge is 0.111 e. The molecule has 18 heavy (non-hydrogen) atoms. The largest absolute Gasteiger partial charge is 0.327 e. The Hall–Kier alpha value is -0.540. The van der Waals surface area contributed by atoms with Crippen LogP contribution in [0.2, 0.25) is 0 Å². The average molecular weight is 328 g/mol. The van der Waals surface area contributed by atoms with E-state index in [9.17, 15) is 0 Å². The lowest BCUT2D eigenvalue weighted by molar-refractivity contribution is 0.462. The van der Waals surface area contributed by atoms with Gasteiger partial charge in [-0.1, -0.05) is 22.9 Å². The second kappa shape index (κ2) is 4.53. The number of aryl methyl sites for hydroxylation is 1. The molecule has 1 fully saturated rings. The Kier molecular flexibility index (Phi) is 3.15. The van der Waals surface area contributed by atoms with E-state index in [0.717, 1.165) is 28.8 Å². The van der Waals surface area contributed by atoms with Crippen molar-refractivity contribution in [3.05, 3.63) is 28.5 Å². The summed E-state index contributed by atoms with van der Waals surface area (Å²) in [4.78, 5) is 4.72. The number of imidazole rings is 1. The van der Waals surface area contributed by atoms with Crippen LogP contribution in [-0.4, -0.2) is 15.4 Å². The van der Waals surface area contributed by atoms with Gasteiger partial charge >= 0.3 is 0 Å². The van der Waals surface area contributed by atoms with Crippen molar-refractivity contribution in [1.29, 1.82) is 0 Å². The monoisotopic (exact) mass is 326 g/mol. The predicted molar refractivity (Wildman–Crippen MR) is 79.2 cm³/mol. The van der Waals surface area contributed by atoms with Crippen LogP contribution in [0.15, 0.2) is 22.7 Å². The molecule has 1 saturated carbocycles. The molecular weight excluding hydrogens is 312 g/mol. The average Bonchev–Trinajstić information content (AvgIpc) is 2.96. The van der Waals surface area contributed by atoms with Crippen molar-refractivity contribution in [1.82, 2.24) is 9.55 Å². The van der Waals surface area contributed by atoms with Gasteiger partial charge in [0, 0.05) is 23.3 Å². The second-order valence-corrected chi connectivity index (χ2v) is 6.79. The molecule has 0 amide bonds. The predicted octanol–water partition coefficient (Wildman–Crippen LogP) is 4.38. The van der Waals surface area contributed by atoms with Crippen LogP contribution < -0.4 is 0 Å². The van der Waals surface area contributed by atoms with E-state index in [2.05, 4.69) is 45.6 Å². The maximum Gasteiger partial charge on any atom is 0.111 e. The Labute approximate surface area is 120 Å². The minimum atomic E-state index is 0.474. The lowest BCUT2D eigenvalue weighted by Crippen LogP contribution is -2.11.